The second-order valence-corrected chi connectivity index (χ2v) is 7.07. The molecule has 1 atom stereocenters. The predicted molar refractivity (Wildman–Crippen MR) is 115 cm³/mol. The largest absolute Gasteiger partial charge is 0.481 e. The molecule has 0 aliphatic rings. The van der Waals surface area contributed by atoms with Crippen molar-refractivity contribution >= 4 is 22.5 Å². The quantitative estimate of drug-likeness (QED) is 0.519. The van der Waals surface area contributed by atoms with Gasteiger partial charge in [-0.15, -0.1) is 0 Å². The number of aryl methyl sites for hydroxylation is 1. The van der Waals surface area contributed by atoms with Gasteiger partial charge in [-0.2, -0.15) is 5.10 Å². The summed E-state index contributed by atoms with van der Waals surface area (Å²) in [6.07, 6.45) is 1.06. The highest BCUT2D eigenvalue weighted by Gasteiger charge is 2.17. The van der Waals surface area contributed by atoms with Crippen LogP contribution in [0.1, 0.15) is 18.1 Å². The van der Waals surface area contributed by atoms with Crippen LogP contribution in [-0.4, -0.2) is 21.8 Å². The van der Waals surface area contributed by atoms with Crippen LogP contribution in [0.15, 0.2) is 79.0 Å². The summed E-state index contributed by atoms with van der Waals surface area (Å²) >= 11 is 0. The summed E-state index contributed by atoms with van der Waals surface area (Å²) in [6, 6.07) is 23.9. The van der Waals surface area contributed by atoms with E-state index in [2.05, 4.69) is 34.7 Å². The van der Waals surface area contributed by atoms with Gasteiger partial charge in [0.2, 0.25) is 0 Å². The van der Waals surface area contributed by atoms with E-state index < -0.39 is 6.10 Å². The van der Waals surface area contributed by atoms with E-state index in [0.29, 0.717) is 18.1 Å². The van der Waals surface area contributed by atoms with Crippen molar-refractivity contribution in [2.24, 2.45) is 0 Å². The second kappa shape index (κ2) is 8.19. The number of carbonyl (C=O) groups is 1. The molecule has 0 aliphatic heterocycles. The van der Waals surface area contributed by atoms with Crippen LogP contribution in [-0.2, 0) is 11.3 Å². The summed E-state index contributed by atoms with van der Waals surface area (Å²) in [5.74, 6) is 1.09. The number of ether oxygens (including phenoxy) is 1. The first-order valence-electron chi connectivity index (χ1n) is 9.63. The lowest BCUT2D eigenvalue weighted by Gasteiger charge is -2.16. The van der Waals surface area contributed by atoms with E-state index in [4.69, 9.17) is 4.74 Å². The topological polar surface area (TPSA) is 56.1 Å². The Bertz CT molecular complexity index is 1130. The van der Waals surface area contributed by atoms with Crippen LogP contribution in [0.2, 0.25) is 0 Å². The van der Waals surface area contributed by atoms with Gasteiger partial charge in [0.15, 0.2) is 6.10 Å². The maximum Gasteiger partial charge on any atom is 0.266 e. The van der Waals surface area contributed by atoms with Crippen molar-refractivity contribution in [1.82, 2.24) is 9.78 Å². The Morgan fingerprint density at radius 2 is 1.79 bits per heavy atom. The van der Waals surface area contributed by atoms with Gasteiger partial charge < -0.3 is 10.1 Å². The van der Waals surface area contributed by atoms with Gasteiger partial charge in [0.25, 0.3) is 5.91 Å². The molecule has 1 aromatic heterocycles. The lowest BCUT2D eigenvalue weighted by Crippen LogP contribution is -2.31. The number of nitrogens with zero attached hydrogens (tertiary/aromatic N) is 2. The molecule has 3 aromatic carbocycles. The Morgan fingerprint density at radius 1 is 1.03 bits per heavy atom. The zero-order valence-electron chi connectivity index (χ0n) is 16.5. The lowest BCUT2D eigenvalue weighted by atomic mass is 10.0. The first-order chi connectivity index (χ1) is 14.1. The fourth-order valence-corrected chi connectivity index (χ4v) is 3.26. The number of aromatic nitrogens is 2. The monoisotopic (exact) mass is 385 g/mol. The van der Waals surface area contributed by atoms with E-state index in [1.807, 2.05) is 49.4 Å². The van der Waals surface area contributed by atoms with Crippen molar-refractivity contribution in [3.8, 4) is 5.75 Å². The van der Waals surface area contributed by atoms with Crippen molar-refractivity contribution in [2.45, 2.75) is 26.5 Å². The van der Waals surface area contributed by atoms with E-state index in [1.54, 1.807) is 23.9 Å². The molecule has 5 heteroatoms. The summed E-state index contributed by atoms with van der Waals surface area (Å²) in [7, 11) is 0. The Morgan fingerprint density at radius 3 is 2.62 bits per heavy atom. The average molecular weight is 385 g/mol. The number of hydrogen-bond acceptors (Lipinski definition) is 3. The number of nitrogens with one attached hydrogen (secondary N) is 1. The zero-order chi connectivity index (χ0) is 20.2. The van der Waals surface area contributed by atoms with Gasteiger partial charge in [0.1, 0.15) is 11.6 Å². The number of benzene rings is 3. The minimum absolute atomic E-state index is 0.217. The molecular formula is C24H23N3O2. The van der Waals surface area contributed by atoms with E-state index >= 15 is 0 Å². The predicted octanol–water partition coefficient (Wildman–Crippen LogP) is 4.80. The van der Waals surface area contributed by atoms with E-state index in [0.717, 1.165) is 11.1 Å². The highest BCUT2D eigenvalue weighted by Crippen LogP contribution is 2.21. The molecule has 29 heavy (non-hydrogen) atoms. The van der Waals surface area contributed by atoms with Crippen LogP contribution in [0.3, 0.4) is 0 Å². The Labute approximate surface area is 169 Å². The molecule has 0 bridgehead atoms. The normalized spacial score (nSPS) is 11.9. The molecule has 0 spiro atoms. The molecule has 1 amide bonds. The summed E-state index contributed by atoms with van der Waals surface area (Å²) < 4.78 is 7.54. The number of anilines is 1. The number of amides is 1. The van der Waals surface area contributed by atoms with Gasteiger partial charge in [0.05, 0.1) is 12.7 Å². The third-order valence-electron chi connectivity index (χ3n) is 4.87. The van der Waals surface area contributed by atoms with Gasteiger partial charge in [-0.3, -0.25) is 4.79 Å². The van der Waals surface area contributed by atoms with Crippen LogP contribution >= 0.6 is 0 Å². The molecule has 4 rings (SSSR count). The first kappa shape index (κ1) is 18.7. The fraction of sp³-hybridized carbons (Fsp3) is 0.167. The maximum absolute atomic E-state index is 12.6. The van der Waals surface area contributed by atoms with Gasteiger partial charge in [0, 0.05) is 6.07 Å². The zero-order valence-corrected chi connectivity index (χ0v) is 16.5. The lowest BCUT2D eigenvalue weighted by molar-refractivity contribution is -0.122. The molecule has 4 aromatic rings. The first-order valence-corrected chi connectivity index (χ1v) is 9.63. The maximum atomic E-state index is 12.6. The fourth-order valence-electron chi connectivity index (χ4n) is 3.26. The van der Waals surface area contributed by atoms with Gasteiger partial charge in [-0.05, 0) is 42.3 Å². The second-order valence-electron chi connectivity index (χ2n) is 7.07. The van der Waals surface area contributed by atoms with Gasteiger partial charge >= 0.3 is 0 Å². The van der Waals surface area contributed by atoms with E-state index in [1.165, 1.54) is 10.8 Å². The third kappa shape index (κ3) is 4.29. The van der Waals surface area contributed by atoms with Crippen molar-refractivity contribution < 1.29 is 9.53 Å². The summed E-state index contributed by atoms with van der Waals surface area (Å²) in [6.45, 7) is 4.31. The average Bonchev–Trinajstić information content (AvgIpc) is 3.16. The summed E-state index contributed by atoms with van der Waals surface area (Å²) in [4.78, 5) is 12.6. The van der Waals surface area contributed by atoms with E-state index in [-0.39, 0.29) is 5.91 Å². The number of rotatable bonds is 6. The highest BCUT2D eigenvalue weighted by molar-refractivity contribution is 5.93. The SMILES string of the molecule is Cc1ccc(OC(C)C(=O)Nc2ccnn2Cc2cccc3ccccc23)cc1. The highest BCUT2D eigenvalue weighted by atomic mass is 16.5. The standard InChI is InChI=1S/C24H23N3O2/c1-17-10-12-21(13-11-17)29-18(2)24(28)26-23-14-15-25-27(23)16-20-8-5-7-19-6-3-4-9-22(19)20/h3-15,18H,16H2,1-2H3,(H,26,28). The molecule has 0 saturated heterocycles. The minimum Gasteiger partial charge on any atom is -0.481 e. The van der Waals surface area contributed by atoms with Crippen molar-refractivity contribution in [3.05, 3.63) is 90.1 Å². The van der Waals surface area contributed by atoms with Crippen molar-refractivity contribution in [2.75, 3.05) is 5.32 Å². The molecule has 146 valence electrons. The van der Waals surface area contributed by atoms with Crippen LogP contribution in [0.4, 0.5) is 5.82 Å². The molecule has 1 N–H and O–H groups in total. The number of fused-ring (bicyclic) bond motifs is 1. The molecule has 0 aliphatic carbocycles. The van der Waals surface area contributed by atoms with Crippen LogP contribution in [0, 0.1) is 6.92 Å². The third-order valence-corrected chi connectivity index (χ3v) is 4.87. The smallest absolute Gasteiger partial charge is 0.266 e. The molecule has 5 nitrogen and oxygen atoms in total. The van der Waals surface area contributed by atoms with Crippen molar-refractivity contribution in [3.63, 3.8) is 0 Å². The summed E-state index contributed by atoms with van der Waals surface area (Å²) in [5.41, 5.74) is 2.29. The Kier molecular flexibility index (Phi) is 5.29. The molecule has 0 saturated carbocycles. The van der Waals surface area contributed by atoms with Crippen LogP contribution in [0.5, 0.6) is 5.75 Å². The molecule has 1 unspecified atom stereocenters. The molecule has 0 radical (unpaired) electrons. The van der Waals surface area contributed by atoms with E-state index in [9.17, 15) is 4.79 Å². The Hall–Kier alpha value is -3.60. The number of carbonyl (C=O) groups excluding carboxylic acids is 1. The van der Waals surface area contributed by atoms with Gasteiger partial charge in [-0.25, -0.2) is 4.68 Å². The molecule has 0 fully saturated rings. The van der Waals surface area contributed by atoms with Gasteiger partial charge in [-0.1, -0.05) is 60.2 Å². The van der Waals surface area contributed by atoms with Crippen molar-refractivity contribution in [1.29, 1.82) is 0 Å². The van der Waals surface area contributed by atoms with Crippen LogP contribution < -0.4 is 10.1 Å². The molecule has 1 heterocycles. The number of hydrogen-bond donors (Lipinski definition) is 1. The minimum atomic E-state index is -0.626. The molecular weight excluding hydrogens is 362 g/mol. The van der Waals surface area contributed by atoms with Crippen LogP contribution in [0.25, 0.3) is 10.8 Å². The summed E-state index contributed by atoms with van der Waals surface area (Å²) in [5, 5.41) is 9.67. The Balaban J connectivity index is 1.47.